The summed E-state index contributed by atoms with van der Waals surface area (Å²) in [6.45, 7) is 5.23. The van der Waals surface area contributed by atoms with Gasteiger partial charge in [0, 0.05) is 49.6 Å². The lowest BCUT2D eigenvalue weighted by atomic mass is 10.1. The molecule has 2 aliphatic rings. The average Bonchev–Trinajstić information content (AvgIpc) is 3.78. The molecule has 0 aliphatic carbocycles. The Balaban J connectivity index is 1.22. The quantitative estimate of drug-likeness (QED) is 0.261. The van der Waals surface area contributed by atoms with Crippen LogP contribution in [0.4, 0.5) is 24.5 Å². The molecule has 1 saturated heterocycles. The lowest BCUT2D eigenvalue weighted by Crippen LogP contribution is -2.51. The molecule has 2 N–H and O–H groups in total. The van der Waals surface area contributed by atoms with E-state index in [0.717, 1.165) is 23.1 Å². The molecule has 16 heteroatoms. The van der Waals surface area contributed by atoms with Crippen LogP contribution in [0.25, 0.3) is 22.3 Å². The summed E-state index contributed by atoms with van der Waals surface area (Å²) in [7, 11) is 0. The molecule has 7 rings (SSSR count). The normalized spacial score (nSPS) is 15.5. The zero-order valence-electron chi connectivity index (χ0n) is 27.4. The number of carbonyl (C=O) groups is 2. The smallest absolute Gasteiger partial charge is 0.377 e. The van der Waals surface area contributed by atoms with Crippen molar-refractivity contribution in [3.63, 3.8) is 0 Å². The molecule has 0 atom stereocenters. The molecule has 0 bridgehead atoms. The van der Waals surface area contributed by atoms with E-state index in [0.29, 0.717) is 80.7 Å². The molecular formula is C34H34F3N9O4. The summed E-state index contributed by atoms with van der Waals surface area (Å²) in [5, 5.41) is 8.18. The molecule has 0 unspecified atom stereocenters. The van der Waals surface area contributed by atoms with E-state index in [9.17, 15) is 27.6 Å². The molecule has 2 aliphatic heterocycles. The fourth-order valence-corrected chi connectivity index (χ4v) is 6.54. The number of carbonyl (C=O) groups excluding carboxylic acids is 2. The number of benzene rings is 1. The van der Waals surface area contributed by atoms with Crippen LogP contribution in [0.3, 0.4) is 0 Å². The van der Waals surface area contributed by atoms with E-state index in [4.69, 9.17) is 9.72 Å². The third-order valence-electron chi connectivity index (χ3n) is 9.10. The number of rotatable bonds is 7. The Kier molecular flexibility index (Phi) is 8.63. The summed E-state index contributed by atoms with van der Waals surface area (Å²) in [5.74, 6) is -0.229. The van der Waals surface area contributed by atoms with Crippen molar-refractivity contribution in [2.75, 3.05) is 49.6 Å². The second-order valence-corrected chi connectivity index (χ2v) is 12.2. The number of nitrogens with zero attached hydrogens (tertiary/aromatic N) is 7. The number of hydrogen-bond donors (Lipinski definition) is 2. The number of aryl methyl sites for hydroxylation is 1. The summed E-state index contributed by atoms with van der Waals surface area (Å²) in [4.78, 5) is 57.0. The third kappa shape index (κ3) is 6.10. The van der Waals surface area contributed by atoms with Crippen LogP contribution >= 0.6 is 0 Å². The van der Waals surface area contributed by atoms with Gasteiger partial charge >= 0.3 is 6.18 Å². The predicted octanol–water partition coefficient (Wildman–Crippen LogP) is 4.06. The van der Waals surface area contributed by atoms with Gasteiger partial charge < -0.3 is 29.4 Å². The summed E-state index contributed by atoms with van der Waals surface area (Å²) in [5.41, 5.74) is 1.94. The SMILES string of the molecule is CCc1c(N2CCN(C(=O)c3nccc4cc[nH]c34)CC2)c(=O)n2nc(C3=CCOCC3)nc2n1CC(=O)Nc1ccc(C(F)(F)F)cc1C. The van der Waals surface area contributed by atoms with E-state index >= 15 is 0 Å². The molecule has 260 valence electrons. The molecule has 13 nitrogen and oxygen atoms in total. The average molecular weight is 690 g/mol. The molecule has 1 aromatic carbocycles. The number of H-pyrrole nitrogens is 1. The van der Waals surface area contributed by atoms with Gasteiger partial charge in [-0.3, -0.25) is 14.4 Å². The minimum atomic E-state index is -4.52. The maximum absolute atomic E-state index is 14.2. The zero-order valence-corrected chi connectivity index (χ0v) is 27.4. The molecule has 0 spiro atoms. The van der Waals surface area contributed by atoms with Gasteiger partial charge in [0.1, 0.15) is 12.2 Å². The number of alkyl halides is 3. The number of amides is 2. The summed E-state index contributed by atoms with van der Waals surface area (Å²) in [6, 6.07) is 6.82. The Hall–Kier alpha value is -5.51. The number of aromatic nitrogens is 6. The molecule has 4 aromatic heterocycles. The molecule has 0 saturated carbocycles. The van der Waals surface area contributed by atoms with Crippen molar-refractivity contribution in [1.82, 2.24) is 34.0 Å². The van der Waals surface area contributed by atoms with Crippen molar-refractivity contribution in [2.24, 2.45) is 0 Å². The van der Waals surface area contributed by atoms with Crippen LogP contribution in [-0.4, -0.2) is 85.2 Å². The summed E-state index contributed by atoms with van der Waals surface area (Å²) >= 11 is 0. The first kappa shape index (κ1) is 33.0. The number of ether oxygens (including phenoxy) is 1. The van der Waals surface area contributed by atoms with Gasteiger partial charge in [-0.15, -0.1) is 5.10 Å². The van der Waals surface area contributed by atoms with E-state index in [-0.39, 0.29) is 29.5 Å². The van der Waals surface area contributed by atoms with Gasteiger partial charge in [-0.1, -0.05) is 13.0 Å². The van der Waals surface area contributed by atoms with Crippen molar-refractivity contribution < 1.29 is 27.5 Å². The topological polar surface area (TPSA) is 143 Å². The van der Waals surface area contributed by atoms with Gasteiger partial charge in [-0.2, -0.15) is 22.7 Å². The van der Waals surface area contributed by atoms with Gasteiger partial charge in [-0.25, -0.2) is 4.98 Å². The molecule has 6 heterocycles. The van der Waals surface area contributed by atoms with Gasteiger partial charge in [-0.05, 0) is 61.2 Å². The minimum absolute atomic E-state index is 0.163. The van der Waals surface area contributed by atoms with E-state index in [1.165, 1.54) is 17.5 Å². The zero-order chi connectivity index (χ0) is 35.2. The molecule has 50 heavy (non-hydrogen) atoms. The number of halogens is 3. The monoisotopic (exact) mass is 689 g/mol. The van der Waals surface area contributed by atoms with Gasteiger partial charge in [0.25, 0.3) is 11.5 Å². The first-order valence-corrected chi connectivity index (χ1v) is 16.3. The van der Waals surface area contributed by atoms with Crippen molar-refractivity contribution >= 4 is 45.4 Å². The first-order chi connectivity index (χ1) is 24.0. The van der Waals surface area contributed by atoms with Crippen LogP contribution in [0.15, 0.2) is 53.6 Å². The lowest BCUT2D eigenvalue weighted by Gasteiger charge is -2.36. The van der Waals surface area contributed by atoms with Crippen molar-refractivity contribution in [2.45, 2.75) is 39.4 Å². The highest BCUT2D eigenvalue weighted by Gasteiger charge is 2.32. The van der Waals surface area contributed by atoms with Gasteiger partial charge in [0.2, 0.25) is 11.7 Å². The number of hydrogen-bond acceptors (Lipinski definition) is 8. The number of fused-ring (bicyclic) bond motifs is 2. The molecule has 1 fully saturated rings. The molecule has 5 aromatic rings. The van der Waals surface area contributed by atoms with Crippen LogP contribution in [0.5, 0.6) is 0 Å². The van der Waals surface area contributed by atoms with Crippen LogP contribution in [0, 0.1) is 6.92 Å². The van der Waals surface area contributed by atoms with Crippen LogP contribution < -0.4 is 15.8 Å². The highest BCUT2D eigenvalue weighted by molar-refractivity contribution is 6.03. The fraction of sp³-hybridized carbons (Fsp3) is 0.353. The Bertz CT molecular complexity index is 2210. The number of anilines is 2. The van der Waals surface area contributed by atoms with E-state index < -0.39 is 23.2 Å². The lowest BCUT2D eigenvalue weighted by molar-refractivity contribution is -0.137. The van der Waals surface area contributed by atoms with E-state index in [1.807, 2.05) is 30.0 Å². The Morgan fingerprint density at radius 1 is 1.10 bits per heavy atom. The Morgan fingerprint density at radius 2 is 1.90 bits per heavy atom. The second kappa shape index (κ2) is 13.1. The van der Waals surface area contributed by atoms with Crippen molar-refractivity contribution in [3.05, 3.63) is 87.5 Å². The maximum atomic E-state index is 14.2. The summed E-state index contributed by atoms with van der Waals surface area (Å²) in [6.07, 6.45) is 1.60. The summed E-state index contributed by atoms with van der Waals surface area (Å²) < 4.78 is 48.0. The number of pyridine rings is 1. The third-order valence-corrected chi connectivity index (χ3v) is 9.10. The standard InChI is InChI=1S/C34H34F3N9O4/c1-3-25-29(43-12-14-44(15-13-43)31(48)28-27-21(6-10-38-27)7-11-39-28)32(49)46-33(41-30(42-46)22-8-16-50-17-9-22)45(25)19-26(47)40-24-5-4-23(18-20(24)2)34(35,36)37/h4-8,10-11,18,38H,3,9,12-17,19H2,1-2H3,(H,40,47). The van der Waals surface area contributed by atoms with Gasteiger partial charge in [0.05, 0.1) is 30.0 Å². The molecule has 2 amide bonds. The highest BCUT2D eigenvalue weighted by Crippen LogP contribution is 2.32. The fourth-order valence-electron chi connectivity index (χ4n) is 6.54. The van der Waals surface area contributed by atoms with E-state index in [2.05, 4.69) is 20.4 Å². The number of aromatic amines is 1. The predicted molar refractivity (Wildman–Crippen MR) is 179 cm³/mol. The molecular weight excluding hydrogens is 655 g/mol. The van der Waals surface area contributed by atoms with Crippen molar-refractivity contribution in [3.8, 4) is 0 Å². The van der Waals surface area contributed by atoms with E-state index in [1.54, 1.807) is 21.9 Å². The minimum Gasteiger partial charge on any atom is -0.377 e. The van der Waals surface area contributed by atoms with Crippen molar-refractivity contribution in [1.29, 1.82) is 0 Å². The first-order valence-electron chi connectivity index (χ1n) is 16.3. The number of nitrogens with one attached hydrogen (secondary N) is 2. The van der Waals surface area contributed by atoms with Gasteiger partial charge in [0.15, 0.2) is 11.5 Å². The highest BCUT2D eigenvalue weighted by atomic mass is 19.4. The van der Waals surface area contributed by atoms with Crippen LogP contribution in [-0.2, 0) is 28.7 Å². The Labute approximate surface area is 283 Å². The largest absolute Gasteiger partial charge is 0.416 e. The second-order valence-electron chi connectivity index (χ2n) is 12.2. The Morgan fingerprint density at radius 3 is 2.60 bits per heavy atom. The van der Waals surface area contributed by atoms with Crippen LogP contribution in [0.1, 0.15) is 46.5 Å². The van der Waals surface area contributed by atoms with Crippen LogP contribution in [0.2, 0.25) is 0 Å². The number of piperazine rings is 1. The maximum Gasteiger partial charge on any atom is 0.416 e. The molecule has 0 radical (unpaired) electrons.